The van der Waals surface area contributed by atoms with Gasteiger partial charge < -0.3 is 9.80 Å². The molecular weight excluding hydrogens is 628 g/mol. The van der Waals surface area contributed by atoms with Gasteiger partial charge in [0.15, 0.2) is 0 Å². The number of hydrogen-bond acceptors (Lipinski definition) is 2. The van der Waals surface area contributed by atoms with Gasteiger partial charge in [0.25, 0.3) is 0 Å². The van der Waals surface area contributed by atoms with Crippen LogP contribution in [0.25, 0.3) is 0 Å². The zero-order valence-electron chi connectivity index (χ0n) is 28.1. The molecule has 0 spiro atoms. The SMILES string of the molecule is Cc1cc(C)c(N2CCN(c3c(C)cc(C)cc3C)C2=C2CCCCC2P(C2CCCCC2)C2CCCCC2)c(C)c1.[Ru]. The van der Waals surface area contributed by atoms with Crippen molar-refractivity contribution in [3.8, 4) is 0 Å². The smallest absolute Gasteiger partial charge is 0.113 e. The van der Waals surface area contributed by atoms with E-state index in [9.17, 15) is 0 Å². The van der Waals surface area contributed by atoms with Gasteiger partial charge in [-0.15, -0.1) is 0 Å². The predicted octanol–water partition coefficient (Wildman–Crippen LogP) is 11.2. The molecule has 0 amide bonds. The summed E-state index contributed by atoms with van der Waals surface area (Å²) in [5, 5.41) is 0. The van der Waals surface area contributed by atoms with E-state index in [-0.39, 0.29) is 27.4 Å². The summed E-state index contributed by atoms with van der Waals surface area (Å²) in [7, 11) is 0.00137. The van der Waals surface area contributed by atoms with Crippen LogP contribution in [-0.2, 0) is 19.5 Å². The fourth-order valence-electron chi connectivity index (χ4n) is 9.69. The Morgan fingerprint density at radius 1 is 0.535 bits per heavy atom. The van der Waals surface area contributed by atoms with Crippen LogP contribution in [0, 0.1) is 41.5 Å². The second kappa shape index (κ2) is 14.5. The monoisotopic (exact) mass is 686 g/mol. The molecular formula is C39H57N2PRu. The molecule has 4 heteroatoms. The zero-order valence-corrected chi connectivity index (χ0v) is 30.7. The Balaban J connectivity index is 0.00000368. The Morgan fingerprint density at radius 2 is 0.930 bits per heavy atom. The van der Waals surface area contributed by atoms with Crippen molar-refractivity contribution in [3.63, 3.8) is 0 Å². The number of anilines is 2. The molecule has 3 aliphatic carbocycles. The van der Waals surface area contributed by atoms with Gasteiger partial charge in [0.1, 0.15) is 5.82 Å². The van der Waals surface area contributed by atoms with E-state index in [4.69, 9.17) is 0 Å². The molecule has 0 radical (unpaired) electrons. The largest absolute Gasteiger partial charge is 0.325 e. The molecule has 1 atom stereocenters. The molecule has 1 unspecified atom stereocenters. The molecule has 1 aliphatic heterocycles. The first-order chi connectivity index (χ1) is 20.3. The molecule has 4 aliphatic rings. The van der Waals surface area contributed by atoms with E-state index >= 15 is 0 Å². The van der Waals surface area contributed by atoms with Crippen molar-refractivity contribution in [2.75, 3.05) is 22.9 Å². The summed E-state index contributed by atoms with van der Waals surface area (Å²) in [5.74, 6) is 1.60. The maximum atomic E-state index is 2.81. The molecule has 2 aromatic rings. The number of aryl methyl sites for hydroxylation is 6. The second-order valence-corrected chi connectivity index (χ2v) is 17.4. The third kappa shape index (κ3) is 6.85. The molecule has 43 heavy (non-hydrogen) atoms. The summed E-state index contributed by atoms with van der Waals surface area (Å²) >= 11 is 0. The standard InChI is InChI=1S/C39H57N2P.Ru/c1-27-23-29(3)37(30(4)24-27)40-21-22-41(38-31(5)25-28(2)26-32(38)6)39(40)35-19-13-14-20-36(35)42(33-15-9-7-10-16-33)34-17-11-8-12-18-34;/h23-26,33-34,36H,7-22H2,1-6H3;. The Morgan fingerprint density at radius 3 is 1.35 bits per heavy atom. The van der Waals surface area contributed by atoms with Crippen molar-refractivity contribution in [1.29, 1.82) is 0 Å². The number of hydrogen-bond donors (Lipinski definition) is 0. The van der Waals surface area contributed by atoms with E-state index in [0.29, 0.717) is 0 Å². The van der Waals surface area contributed by atoms with Gasteiger partial charge in [-0.25, -0.2) is 0 Å². The van der Waals surface area contributed by atoms with Crippen molar-refractivity contribution in [1.82, 2.24) is 0 Å². The molecule has 0 N–H and O–H groups in total. The first kappa shape index (κ1) is 33.2. The normalized spacial score (nSPS) is 22.4. The van der Waals surface area contributed by atoms with Gasteiger partial charge in [0, 0.05) is 49.6 Å². The number of rotatable bonds is 5. The minimum atomic E-state index is 0. The molecule has 2 nitrogen and oxygen atoms in total. The van der Waals surface area contributed by atoms with Crippen LogP contribution in [0.5, 0.6) is 0 Å². The summed E-state index contributed by atoms with van der Waals surface area (Å²) in [6, 6.07) is 9.69. The van der Waals surface area contributed by atoms with E-state index in [1.54, 1.807) is 5.82 Å². The Kier molecular flexibility index (Phi) is 11.2. The van der Waals surface area contributed by atoms with E-state index < -0.39 is 0 Å². The van der Waals surface area contributed by atoms with Crippen LogP contribution >= 0.6 is 7.92 Å². The maximum absolute atomic E-state index is 2.81. The van der Waals surface area contributed by atoms with Gasteiger partial charge in [-0.1, -0.05) is 88.3 Å². The zero-order chi connectivity index (χ0) is 29.4. The fraction of sp³-hybridized carbons (Fsp3) is 0.641. The summed E-state index contributed by atoms with van der Waals surface area (Å²) in [4.78, 5) is 5.62. The molecule has 1 heterocycles. The molecule has 3 saturated carbocycles. The maximum Gasteiger partial charge on any atom is 0.113 e. The van der Waals surface area contributed by atoms with Crippen molar-refractivity contribution >= 4 is 19.3 Å². The molecule has 6 rings (SSSR count). The van der Waals surface area contributed by atoms with E-state index in [0.717, 1.165) is 30.1 Å². The third-order valence-corrected chi connectivity index (χ3v) is 15.1. The topological polar surface area (TPSA) is 6.48 Å². The van der Waals surface area contributed by atoms with Crippen molar-refractivity contribution in [2.24, 2.45) is 0 Å². The minimum absolute atomic E-state index is 0. The van der Waals surface area contributed by atoms with Gasteiger partial charge in [-0.05, 0) is 126 Å². The van der Waals surface area contributed by atoms with Gasteiger partial charge in [-0.3, -0.25) is 0 Å². The Labute approximate surface area is 278 Å². The number of benzene rings is 2. The average Bonchev–Trinajstić information content (AvgIpc) is 3.37. The van der Waals surface area contributed by atoms with Gasteiger partial charge in [0.05, 0.1) is 0 Å². The van der Waals surface area contributed by atoms with Gasteiger partial charge in [-0.2, -0.15) is 0 Å². The summed E-state index contributed by atoms with van der Waals surface area (Å²) in [5.41, 5.74) is 16.2. The number of nitrogens with zero attached hydrogens (tertiary/aromatic N) is 2. The summed E-state index contributed by atoms with van der Waals surface area (Å²) in [6.45, 7) is 16.1. The first-order valence-electron chi connectivity index (χ1n) is 17.5. The van der Waals surface area contributed by atoms with E-state index in [1.807, 2.05) is 5.57 Å². The predicted molar refractivity (Wildman–Crippen MR) is 186 cm³/mol. The Bertz CT molecular complexity index is 1170. The fourth-order valence-corrected chi connectivity index (χ4v) is 14.3. The molecule has 0 bridgehead atoms. The van der Waals surface area contributed by atoms with Crippen molar-refractivity contribution in [3.05, 3.63) is 69.0 Å². The van der Waals surface area contributed by atoms with Crippen LogP contribution in [0.1, 0.15) is 123 Å². The van der Waals surface area contributed by atoms with Crippen LogP contribution in [0.4, 0.5) is 11.4 Å². The van der Waals surface area contributed by atoms with Crippen LogP contribution in [0.3, 0.4) is 0 Å². The molecule has 236 valence electrons. The third-order valence-electron chi connectivity index (χ3n) is 11.1. The molecule has 1 saturated heterocycles. The quantitative estimate of drug-likeness (QED) is 0.228. The first-order valence-corrected chi connectivity index (χ1v) is 19.1. The van der Waals surface area contributed by atoms with Crippen LogP contribution in [0.2, 0.25) is 0 Å². The van der Waals surface area contributed by atoms with Crippen LogP contribution in [-0.4, -0.2) is 30.1 Å². The van der Waals surface area contributed by atoms with Crippen LogP contribution in [0.15, 0.2) is 35.7 Å². The average molecular weight is 686 g/mol. The molecule has 0 aromatic heterocycles. The van der Waals surface area contributed by atoms with Gasteiger partial charge in [0.2, 0.25) is 0 Å². The second-order valence-electron chi connectivity index (χ2n) is 14.4. The van der Waals surface area contributed by atoms with Crippen molar-refractivity contribution in [2.45, 2.75) is 148 Å². The molecule has 2 aromatic carbocycles. The molecule has 4 fully saturated rings. The summed E-state index contributed by atoms with van der Waals surface area (Å²) < 4.78 is 0. The van der Waals surface area contributed by atoms with Gasteiger partial charge >= 0.3 is 0 Å². The minimum Gasteiger partial charge on any atom is -0.325 e. The van der Waals surface area contributed by atoms with E-state index in [1.165, 1.54) is 135 Å². The van der Waals surface area contributed by atoms with E-state index in [2.05, 4.69) is 75.6 Å². The summed E-state index contributed by atoms with van der Waals surface area (Å²) in [6.07, 6.45) is 20.5. The number of allylic oxidation sites excluding steroid dienone is 1. The van der Waals surface area contributed by atoms with Crippen molar-refractivity contribution < 1.29 is 19.5 Å². The van der Waals surface area contributed by atoms with Crippen LogP contribution < -0.4 is 9.80 Å². The Hall–Kier alpha value is -1.17.